The predicted molar refractivity (Wildman–Crippen MR) is 133 cm³/mol. The normalized spacial score (nSPS) is 17.6. The summed E-state index contributed by atoms with van der Waals surface area (Å²) in [5, 5.41) is 8.54. The molecule has 1 N–H and O–H groups in total. The van der Waals surface area contributed by atoms with E-state index in [9.17, 15) is 4.79 Å². The average molecular weight is 509 g/mol. The van der Waals surface area contributed by atoms with Gasteiger partial charge in [-0.3, -0.25) is 9.48 Å². The second-order valence-corrected chi connectivity index (χ2v) is 9.88. The van der Waals surface area contributed by atoms with Crippen LogP contribution in [0.5, 0.6) is 5.75 Å². The number of halogens is 1. The topological polar surface area (TPSA) is 59.4 Å². The summed E-state index contributed by atoms with van der Waals surface area (Å²) in [6, 6.07) is 14.3. The van der Waals surface area contributed by atoms with Crippen LogP contribution in [0.2, 0.25) is 0 Å². The van der Waals surface area contributed by atoms with Gasteiger partial charge in [0.25, 0.3) is 5.91 Å². The zero-order valence-corrected chi connectivity index (χ0v) is 20.9. The van der Waals surface area contributed by atoms with Crippen LogP contribution in [-0.4, -0.2) is 47.3 Å². The van der Waals surface area contributed by atoms with Crippen LogP contribution in [-0.2, 0) is 13.0 Å². The van der Waals surface area contributed by atoms with Crippen LogP contribution < -0.4 is 10.1 Å². The molecule has 0 fully saturated rings. The Bertz CT molecular complexity index is 1190. The Morgan fingerprint density at radius 2 is 1.97 bits per heavy atom. The summed E-state index contributed by atoms with van der Waals surface area (Å²) in [5.41, 5.74) is 6.63. The van der Waals surface area contributed by atoms with Gasteiger partial charge in [0.05, 0.1) is 35.6 Å². The molecule has 3 aromatic rings. The molecule has 6 nitrogen and oxygen atoms in total. The monoisotopic (exact) mass is 508 g/mol. The number of aromatic nitrogens is 2. The summed E-state index contributed by atoms with van der Waals surface area (Å²) >= 11 is 3.48. The standard InChI is InChI=1S/C26H29BrN4O2/c1-16(2)17-4-6-18(7-5-17)24-20-10-12-30(22-15-28-11-13-31(29-24)25(20)22)26(32)19-8-9-21(27)23(14-19)33-3/h4-9,14,16,22,28H,10-13,15H2,1-3H3/t22-/m1/s1. The molecule has 0 saturated carbocycles. The van der Waals surface area contributed by atoms with E-state index in [4.69, 9.17) is 9.84 Å². The van der Waals surface area contributed by atoms with Crippen molar-refractivity contribution < 1.29 is 9.53 Å². The van der Waals surface area contributed by atoms with Crippen molar-refractivity contribution in [3.63, 3.8) is 0 Å². The molecule has 1 amide bonds. The van der Waals surface area contributed by atoms with Gasteiger partial charge in [0.1, 0.15) is 5.75 Å². The maximum Gasteiger partial charge on any atom is 0.254 e. The smallest absolute Gasteiger partial charge is 0.254 e. The third-order valence-electron chi connectivity index (χ3n) is 6.74. The first-order valence-corrected chi connectivity index (χ1v) is 12.3. The number of nitrogens with zero attached hydrogens (tertiary/aromatic N) is 3. The number of methoxy groups -OCH3 is 1. The van der Waals surface area contributed by atoms with E-state index in [1.807, 2.05) is 23.1 Å². The summed E-state index contributed by atoms with van der Waals surface area (Å²) in [6.07, 6.45) is 0.798. The van der Waals surface area contributed by atoms with Gasteiger partial charge in [-0.25, -0.2) is 0 Å². The fourth-order valence-corrected chi connectivity index (χ4v) is 5.34. The van der Waals surface area contributed by atoms with Gasteiger partial charge in [-0.05, 0) is 52.0 Å². The quantitative estimate of drug-likeness (QED) is 0.550. The lowest BCUT2D eigenvalue weighted by Crippen LogP contribution is -2.43. The van der Waals surface area contributed by atoms with Crippen LogP contribution in [0.25, 0.3) is 11.3 Å². The molecule has 0 spiro atoms. The number of carbonyl (C=O) groups is 1. The molecule has 5 rings (SSSR count). The molecule has 7 heteroatoms. The Morgan fingerprint density at radius 3 is 2.70 bits per heavy atom. The second-order valence-electron chi connectivity index (χ2n) is 9.03. The fraction of sp³-hybridized carbons (Fsp3) is 0.385. The summed E-state index contributed by atoms with van der Waals surface area (Å²) < 4.78 is 8.37. The van der Waals surface area contributed by atoms with Crippen molar-refractivity contribution in [2.75, 3.05) is 26.7 Å². The SMILES string of the molecule is COc1cc(C(=O)N2CCc3c(-c4ccc(C(C)C)cc4)nn4c3[C@H]2CNCC4)ccc1Br. The lowest BCUT2D eigenvalue weighted by Gasteiger charge is -2.36. The Kier molecular flexibility index (Phi) is 6.01. The maximum atomic E-state index is 13.6. The lowest BCUT2D eigenvalue weighted by molar-refractivity contribution is 0.0656. The zero-order chi connectivity index (χ0) is 23.1. The molecule has 1 aromatic heterocycles. The summed E-state index contributed by atoms with van der Waals surface area (Å²) in [4.78, 5) is 15.6. The third-order valence-corrected chi connectivity index (χ3v) is 7.39. The molecule has 0 radical (unpaired) electrons. The number of hydrogen-bond acceptors (Lipinski definition) is 4. The number of rotatable bonds is 4. The molecule has 33 heavy (non-hydrogen) atoms. The first-order chi connectivity index (χ1) is 16.0. The molecule has 0 saturated heterocycles. The minimum absolute atomic E-state index is 0.0238. The summed E-state index contributed by atoms with van der Waals surface area (Å²) in [5.74, 6) is 1.19. The van der Waals surface area contributed by atoms with Gasteiger partial charge >= 0.3 is 0 Å². The van der Waals surface area contributed by atoms with E-state index in [1.54, 1.807) is 7.11 Å². The van der Waals surface area contributed by atoms with E-state index >= 15 is 0 Å². The molecule has 0 unspecified atom stereocenters. The average Bonchev–Trinajstić information content (AvgIpc) is 3.07. The highest BCUT2D eigenvalue weighted by Crippen LogP contribution is 2.38. The van der Waals surface area contributed by atoms with E-state index in [-0.39, 0.29) is 11.9 Å². The number of amides is 1. The highest BCUT2D eigenvalue weighted by Gasteiger charge is 2.37. The van der Waals surface area contributed by atoms with Gasteiger partial charge in [0.15, 0.2) is 0 Å². The highest BCUT2D eigenvalue weighted by atomic mass is 79.9. The van der Waals surface area contributed by atoms with Gasteiger partial charge in [-0.2, -0.15) is 5.10 Å². The van der Waals surface area contributed by atoms with Crippen LogP contribution in [0.3, 0.4) is 0 Å². The largest absolute Gasteiger partial charge is 0.496 e. The van der Waals surface area contributed by atoms with Crippen molar-refractivity contribution in [3.05, 3.63) is 69.3 Å². The van der Waals surface area contributed by atoms with Crippen molar-refractivity contribution in [1.82, 2.24) is 20.0 Å². The number of benzene rings is 2. The van der Waals surface area contributed by atoms with Crippen LogP contribution in [0, 0.1) is 0 Å². The van der Waals surface area contributed by atoms with Gasteiger partial charge in [-0.15, -0.1) is 0 Å². The Hall–Kier alpha value is -2.64. The molecular formula is C26H29BrN4O2. The van der Waals surface area contributed by atoms with E-state index in [1.165, 1.54) is 16.8 Å². The molecule has 0 aliphatic carbocycles. The minimum Gasteiger partial charge on any atom is -0.496 e. The fourth-order valence-electron chi connectivity index (χ4n) is 4.93. The Balaban J connectivity index is 1.52. The molecule has 0 bridgehead atoms. The highest BCUT2D eigenvalue weighted by molar-refractivity contribution is 9.10. The van der Waals surface area contributed by atoms with Crippen molar-refractivity contribution >= 4 is 21.8 Å². The minimum atomic E-state index is -0.0467. The van der Waals surface area contributed by atoms with Gasteiger partial charge < -0.3 is 15.0 Å². The number of nitrogens with one attached hydrogen (secondary N) is 1. The molecular weight excluding hydrogens is 480 g/mol. The molecule has 2 aromatic carbocycles. The zero-order valence-electron chi connectivity index (χ0n) is 19.3. The molecule has 1 atom stereocenters. The summed E-state index contributed by atoms with van der Waals surface area (Å²) in [6.45, 7) is 7.45. The van der Waals surface area contributed by atoms with E-state index in [2.05, 4.69) is 64.0 Å². The van der Waals surface area contributed by atoms with E-state index in [0.717, 1.165) is 41.8 Å². The van der Waals surface area contributed by atoms with Crippen LogP contribution >= 0.6 is 15.9 Å². The molecule has 2 aliphatic heterocycles. The summed E-state index contributed by atoms with van der Waals surface area (Å²) in [7, 11) is 1.62. The van der Waals surface area contributed by atoms with Crippen molar-refractivity contribution in [3.8, 4) is 17.0 Å². The Morgan fingerprint density at radius 1 is 1.18 bits per heavy atom. The Labute approximate surface area is 203 Å². The van der Waals surface area contributed by atoms with Crippen LogP contribution in [0.15, 0.2) is 46.9 Å². The van der Waals surface area contributed by atoms with Crippen molar-refractivity contribution in [2.24, 2.45) is 0 Å². The lowest BCUT2D eigenvalue weighted by atomic mass is 9.93. The number of carbonyl (C=O) groups excluding carboxylic acids is 1. The first kappa shape index (κ1) is 22.2. The van der Waals surface area contributed by atoms with Crippen molar-refractivity contribution in [2.45, 2.75) is 38.8 Å². The number of hydrogen-bond donors (Lipinski definition) is 1. The van der Waals surface area contributed by atoms with E-state index < -0.39 is 0 Å². The number of ether oxygens (including phenoxy) is 1. The maximum absolute atomic E-state index is 13.6. The first-order valence-electron chi connectivity index (χ1n) is 11.5. The molecule has 3 heterocycles. The van der Waals surface area contributed by atoms with E-state index in [0.29, 0.717) is 23.8 Å². The van der Waals surface area contributed by atoms with Crippen LogP contribution in [0.1, 0.15) is 53.0 Å². The van der Waals surface area contributed by atoms with Gasteiger partial charge in [0.2, 0.25) is 0 Å². The van der Waals surface area contributed by atoms with Crippen molar-refractivity contribution in [1.29, 1.82) is 0 Å². The van der Waals surface area contributed by atoms with Crippen LogP contribution in [0.4, 0.5) is 0 Å². The molecule has 172 valence electrons. The second kappa shape index (κ2) is 8.95. The van der Waals surface area contributed by atoms with Gasteiger partial charge in [-0.1, -0.05) is 38.1 Å². The molecule has 2 aliphatic rings. The third kappa shape index (κ3) is 3.97. The predicted octanol–water partition coefficient (Wildman–Crippen LogP) is 4.79. The van der Waals surface area contributed by atoms with Gasteiger partial charge in [0, 0.05) is 36.3 Å².